The van der Waals surface area contributed by atoms with Gasteiger partial charge in [-0.05, 0) is 79.4 Å². The van der Waals surface area contributed by atoms with Gasteiger partial charge in [0, 0.05) is 11.3 Å². The highest BCUT2D eigenvalue weighted by atomic mass is 32.2. The van der Waals surface area contributed by atoms with Gasteiger partial charge >= 0.3 is 5.91 Å². The highest BCUT2D eigenvalue weighted by Crippen LogP contribution is 2.46. The Bertz CT molecular complexity index is 1740. The monoisotopic (exact) mass is 691 g/mol. The molecule has 4 aromatic rings. The molecule has 1 atom stereocenters. The van der Waals surface area contributed by atoms with Crippen LogP contribution in [0.3, 0.4) is 0 Å². The van der Waals surface area contributed by atoms with Crippen LogP contribution >= 0.6 is 23.1 Å². The molecule has 1 fully saturated rings. The predicted octanol–water partition coefficient (Wildman–Crippen LogP) is 8.35. The van der Waals surface area contributed by atoms with Crippen molar-refractivity contribution in [1.29, 1.82) is 0 Å². The molecule has 3 aromatic carbocycles. The van der Waals surface area contributed by atoms with E-state index in [1.165, 1.54) is 28.8 Å². The molecule has 0 bridgehead atoms. The number of aliphatic hydroxyl groups excluding tert-OH is 1. The summed E-state index contributed by atoms with van der Waals surface area (Å²) in [6.07, 6.45) is 3.75. The molecule has 1 aromatic heterocycles. The lowest BCUT2D eigenvalue weighted by Gasteiger charge is -2.23. The van der Waals surface area contributed by atoms with Gasteiger partial charge < -0.3 is 19.3 Å². The van der Waals surface area contributed by atoms with Crippen molar-refractivity contribution in [3.63, 3.8) is 0 Å². The second-order valence-corrected chi connectivity index (χ2v) is 13.2. The minimum Gasteiger partial charge on any atom is -0.507 e. The molecule has 1 aliphatic heterocycles. The number of amides is 1. The fourth-order valence-electron chi connectivity index (χ4n) is 5.04. The normalized spacial score (nSPS) is 15.6. The van der Waals surface area contributed by atoms with E-state index in [0.717, 1.165) is 42.6 Å². The van der Waals surface area contributed by atoms with Gasteiger partial charge in [-0.2, -0.15) is 0 Å². The first-order valence-corrected chi connectivity index (χ1v) is 17.8. The number of thioether (sulfide) groups is 1. The third-order valence-electron chi connectivity index (χ3n) is 7.56. The number of hydrogen-bond acceptors (Lipinski definition) is 10. The van der Waals surface area contributed by atoms with Crippen molar-refractivity contribution < 1.29 is 33.3 Å². The lowest BCUT2D eigenvalue weighted by atomic mass is 9.95. The molecule has 12 heteroatoms. The topological polar surface area (TPSA) is 111 Å². The number of ether oxygens (including phenoxy) is 3. The van der Waals surface area contributed by atoms with Crippen molar-refractivity contribution in [3.05, 3.63) is 94.8 Å². The SMILES string of the molecule is CCCCOc1ccc(C(O)=C2C(=O)C(=O)N(c3nnc(SCc4ccc(F)cc4)s3)[C@@H]2c2ccc(OCCCC)c(OCC)c2)cc1. The van der Waals surface area contributed by atoms with Crippen LogP contribution in [-0.4, -0.2) is 46.8 Å². The van der Waals surface area contributed by atoms with Gasteiger partial charge in [0.05, 0.1) is 31.4 Å². The van der Waals surface area contributed by atoms with Gasteiger partial charge in [-0.15, -0.1) is 10.2 Å². The van der Waals surface area contributed by atoms with Gasteiger partial charge in [0.25, 0.3) is 5.78 Å². The number of aromatic nitrogens is 2. The van der Waals surface area contributed by atoms with Gasteiger partial charge in [0.1, 0.15) is 17.3 Å². The van der Waals surface area contributed by atoms with Crippen LogP contribution in [0.5, 0.6) is 17.2 Å². The predicted molar refractivity (Wildman–Crippen MR) is 186 cm³/mol. The van der Waals surface area contributed by atoms with Crippen LogP contribution in [0.25, 0.3) is 5.76 Å². The van der Waals surface area contributed by atoms with Gasteiger partial charge in [-0.3, -0.25) is 14.5 Å². The summed E-state index contributed by atoms with van der Waals surface area (Å²) in [5, 5.41) is 20.4. The number of nitrogens with zero attached hydrogens (tertiary/aromatic N) is 3. The van der Waals surface area contributed by atoms with Gasteiger partial charge in [-0.1, -0.05) is 68.0 Å². The average molecular weight is 692 g/mol. The van der Waals surface area contributed by atoms with Gasteiger partial charge in [0.2, 0.25) is 5.13 Å². The Kier molecular flexibility index (Phi) is 12.1. The largest absolute Gasteiger partial charge is 0.507 e. The van der Waals surface area contributed by atoms with Crippen molar-refractivity contribution in [3.8, 4) is 17.2 Å². The van der Waals surface area contributed by atoms with Crippen LogP contribution in [0.15, 0.2) is 76.6 Å². The number of Topliss-reactive ketones (excluding diaryl/α,β-unsaturated/α-hetero) is 1. The van der Waals surface area contributed by atoms with Crippen LogP contribution in [0, 0.1) is 5.82 Å². The Hall–Kier alpha value is -4.42. The maximum Gasteiger partial charge on any atom is 0.301 e. The lowest BCUT2D eigenvalue weighted by Crippen LogP contribution is -2.29. The molecule has 48 heavy (non-hydrogen) atoms. The van der Waals surface area contributed by atoms with E-state index in [1.54, 1.807) is 54.6 Å². The minimum absolute atomic E-state index is 0.0857. The van der Waals surface area contributed by atoms with Crippen molar-refractivity contribution in [2.24, 2.45) is 0 Å². The molecular weight excluding hydrogens is 654 g/mol. The average Bonchev–Trinajstić information content (AvgIpc) is 3.67. The van der Waals surface area contributed by atoms with E-state index >= 15 is 0 Å². The summed E-state index contributed by atoms with van der Waals surface area (Å²) in [4.78, 5) is 28.8. The highest BCUT2D eigenvalue weighted by Gasteiger charge is 2.48. The van der Waals surface area contributed by atoms with E-state index in [4.69, 9.17) is 14.2 Å². The van der Waals surface area contributed by atoms with Crippen LogP contribution in [0.2, 0.25) is 0 Å². The van der Waals surface area contributed by atoms with Crippen molar-refractivity contribution in [2.45, 2.75) is 62.6 Å². The number of carbonyl (C=O) groups is 2. The number of ketones is 1. The molecule has 1 aliphatic rings. The molecule has 0 radical (unpaired) electrons. The van der Waals surface area contributed by atoms with Crippen LogP contribution in [-0.2, 0) is 15.3 Å². The number of benzene rings is 3. The first kappa shape index (κ1) is 34.9. The molecule has 252 valence electrons. The molecule has 0 aliphatic carbocycles. The second kappa shape index (κ2) is 16.6. The molecule has 0 spiro atoms. The lowest BCUT2D eigenvalue weighted by molar-refractivity contribution is -0.132. The Labute approximate surface area is 287 Å². The molecule has 0 saturated carbocycles. The zero-order valence-electron chi connectivity index (χ0n) is 27.1. The molecule has 5 rings (SSSR count). The van der Waals surface area contributed by atoms with Gasteiger partial charge in [0.15, 0.2) is 15.8 Å². The maximum absolute atomic E-state index is 13.8. The summed E-state index contributed by atoms with van der Waals surface area (Å²) in [7, 11) is 0. The Morgan fingerprint density at radius 3 is 2.29 bits per heavy atom. The molecule has 1 N–H and O–H groups in total. The third kappa shape index (κ3) is 8.16. The Morgan fingerprint density at radius 1 is 0.896 bits per heavy atom. The quantitative estimate of drug-likeness (QED) is 0.0310. The van der Waals surface area contributed by atoms with E-state index < -0.39 is 17.7 Å². The maximum atomic E-state index is 13.8. The van der Waals surface area contributed by atoms with E-state index in [-0.39, 0.29) is 22.3 Å². The molecule has 1 saturated heterocycles. The van der Waals surface area contributed by atoms with Gasteiger partial charge in [-0.25, -0.2) is 4.39 Å². The number of aliphatic hydroxyl groups is 1. The molecule has 2 heterocycles. The van der Waals surface area contributed by atoms with Crippen molar-refractivity contribution in [1.82, 2.24) is 10.2 Å². The standard InChI is InChI=1S/C36H38FN3O6S2/c1-4-7-19-45-27-16-11-24(12-17-27)32(41)30-31(25-13-18-28(46-20-8-5-2)29(21-25)44-6-3)40(34(43)33(30)42)35-38-39-36(48-35)47-22-23-9-14-26(37)15-10-23/h9-18,21,31,41H,4-8,19-20,22H2,1-3H3/t31-/m1/s1. The minimum atomic E-state index is -1.03. The number of hydrogen-bond donors (Lipinski definition) is 1. The number of unbranched alkanes of at least 4 members (excludes halogenated alkanes) is 2. The van der Waals surface area contributed by atoms with Crippen LogP contribution in [0.4, 0.5) is 9.52 Å². The second-order valence-electron chi connectivity index (χ2n) is 11.0. The summed E-state index contributed by atoms with van der Waals surface area (Å²) >= 11 is 2.53. The summed E-state index contributed by atoms with van der Waals surface area (Å²) in [6.45, 7) is 7.46. The van der Waals surface area contributed by atoms with Crippen molar-refractivity contribution in [2.75, 3.05) is 24.7 Å². The summed E-state index contributed by atoms with van der Waals surface area (Å²) < 4.78 is 31.6. The summed E-state index contributed by atoms with van der Waals surface area (Å²) in [5.41, 5.74) is 1.69. The zero-order chi connectivity index (χ0) is 34.0. The number of anilines is 1. The number of rotatable bonds is 16. The van der Waals surface area contributed by atoms with E-state index in [2.05, 4.69) is 24.0 Å². The summed E-state index contributed by atoms with van der Waals surface area (Å²) in [5.74, 6) is -0.188. The van der Waals surface area contributed by atoms with E-state index in [0.29, 0.717) is 58.3 Å². The number of carbonyl (C=O) groups excluding carboxylic acids is 2. The zero-order valence-corrected chi connectivity index (χ0v) is 28.7. The van der Waals surface area contributed by atoms with Crippen molar-refractivity contribution >= 4 is 45.7 Å². The fraction of sp³-hybridized carbons (Fsp3) is 0.333. The van der Waals surface area contributed by atoms with Crippen LogP contribution in [0.1, 0.15) is 69.2 Å². The molecule has 9 nitrogen and oxygen atoms in total. The van der Waals surface area contributed by atoms with E-state index in [1.807, 2.05) is 6.92 Å². The Balaban J connectivity index is 1.53. The fourth-order valence-corrected chi connectivity index (χ4v) is 6.86. The Morgan fingerprint density at radius 2 is 1.60 bits per heavy atom. The van der Waals surface area contributed by atoms with Crippen LogP contribution < -0.4 is 19.1 Å². The molecular formula is C36H38FN3O6S2. The summed E-state index contributed by atoms with van der Waals surface area (Å²) in [6, 6.07) is 17.2. The first-order chi connectivity index (χ1) is 23.3. The number of halogens is 1. The highest BCUT2D eigenvalue weighted by molar-refractivity contribution is 8.00. The molecule has 1 amide bonds. The van der Waals surface area contributed by atoms with E-state index in [9.17, 15) is 19.1 Å². The first-order valence-electron chi connectivity index (χ1n) is 16.0. The molecule has 0 unspecified atom stereocenters. The smallest absolute Gasteiger partial charge is 0.301 e. The third-order valence-corrected chi connectivity index (χ3v) is 9.68.